The van der Waals surface area contributed by atoms with E-state index in [1.165, 1.54) is 18.2 Å². The highest BCUT2D eigenvalue weighted by molar-refractivity contribution is 7.89. The molecule has 6 nitrogen and oxygen atoms in total. The minimum absolute atomic E-state index is 0.0593. The Hall–Kier alpha value is -1.74. The molecular weight excluding hydrogens is 356 g/mol. The number of rotatable bonds is 4. The third-order valence-electron chi connectivity index (χ3n) is 2.50. The number of nitrogens with zero attached hydrogens (tertiary/aromatic N) is 1. The molecule has 0 atom stereocenters. The van der Waals surface area contributed by atoms with Gasteiger partial charge in [0.1, 0.15) is 15.9 Å². The van der Waals surface area contributed by atoms with Crippen LogP contribution in [0.25, 0.3) is 0 Å². The number of nitrogens with one attached hydrogen (secondary N) is 2. The van der Waals surface area contributed by atoms with Crippen molar-refractivity contribution >= 4 is 39.1 Å². The van der Waals surface area contributed by atoms with Crippen molar-refractivity contribution in [1.29, 1.82) is 0 Å². The number of hydrazine groups is 1. The Bertz CT molecular complexity index is 830. The number of pyridine rings is 1. The average Bonchev–Trinajstić information content (AvgIpc) is 2.48. The maximum atomic E-state index is 13.4. The number of hydrogen-bond acceptors (Lipinski definition) is 4. The van der Waals surface area contributed by atoms with Gasteiger partial charge >= 0.3 is 0 Å². The summed E-state index contributed by atoms with van der Waals surface area (Å²) in [5.74, 6) is -1.73. The molecule has 2 aromatic rings. The lowest BCUT2D eigenvalue weighted by Gasteiger charge is -2.09. The van der Waals surface area contributed by atoms with Crippen LogP contribution < -0.4 is 10.3 Å². The molecule has 116 valence electrons. The van der Waals surface area contributed by atoms with Gasteiger partial charge in [0, 0.05) is 6.20 Å². The Kier molecular flexibility index (Phi) is 4.97. The monoisotopic (exact) mass is 363 g/mol. The van der Waals surface area contributed by atoms with E-state index in [1.807, 2.05) is 10.3 Å². The zero-order valence-corrected chi connectivity index (χ0v) is 13.0. The quantitative estimate of drug-likeness (QED) is 0.643. The highest BCUT2D eigenvalue weighted by Gasteiger charge is 2.18. The van der Waals surface area contributed by atoms with Crippen molar-refractivity contribution < 1.29 is 17.6 Å². The summed E-state index contributed by atoms with van der Waals surface area (Å²) < 4.78 is 37.3. The largest absolute Gasteiger partial charge is 0.273 e. The number of sulfonamides is 1. The molecule has 10 heteroatoms. The van der Waals surface area contributed by atoms with Crippen LogP contribution in [0.1, 0.15) is 10.4 Å². The summed E-state index contributed by atoms with van der Waals surface area (Å²) in [6.07, 6.45) is 0.964. The van der Waals surface area contributed by atoms with E-state index in [-0.39, 0.29) is 20.6 Å². The molecule has 1 aromatic carbocycles. The van der Waals surface area contributed by atoms with Crippen molar-refractivity contribution in [3.8, 4) is 0 Å². The molecule has 0 saturated heterocycles. The van der Waals surface area contributed by atoms with E-state index in [1.54, 1.807) is 0 Å². The Balaban J connectivity index is 2.14. The van der Waals surface area contributed by atoms with Crippen molar-refractivity contribution in [3.05, 3.63) is 58.1 Å². The van der Waals surface area contributed by atoms with Crippen LogP contribution in [0.3, 0.4) is 0 Å². The molecule has 0 bridgehead atoms. The van der Waals surface area contributed by atoms with Gasteiger partial charge in [-0.15, -0.1) is 4.83 Å². The molecule has 0 fully saturated rings. The molecule has 2 N–H and O–H groups in total. The maximum absolute atomic E-state index is 13.4. The lowest BCUT2D eigenvalue weighted by Crippen LogP contribution is -2.41. The first-order valence-corrected chi connectivity index (χ1v) is 7.93. The minimum atomic E-state index is -4.13. The molecular formula is C12H8Cl2FN3O3S. The molecule has 1 amide bonds. The van der Waals surface area contributed by atoms with Crippen molar-refractivity contribution in [1.82, 2.24) is 15.2 Å². The molecule has 1 aromatic heterocycles. The molecule has 0 aliphatic rings. The fourth-order valence-corrected chi connectivity index (χ4v) is 2.58. The molecule has 0 spiro atoms. The number of halogens is 3. The van der Waals surface area contributed by atoms with Crippen molar-refractivity contribution in [2.45, 2.75) is 4.90 Å². The van der Waals surface area contributed by atoms with Gasteiger partial charge < -0.3 is 0 Å². The van der Waals surface area contributed by atoms with E-state index in [0.29, 0.717) is 0 Å². The number of hydrogen-bond donors (Lipinski definition) is 2. The van der Waals surface area contributed by atoms with Crippen LogP contribution in [-0.2, 0) is 10.0 Å². The summed E-state index contributed by atoms with van der Waals surface area (Å²) in [6, 6.07) is 6.19. The highest BCUT2D eigenvalue weighted by Crippen LogP contribution is 2.21. The lowest BCUT2D eigenvalue weighted by molar-refractivity contribution is 0.0941. The summed E-state index contributed by atoms with van der Waals surface area (Å²) in [5, 5.41) is -0.124. The fourth-order valence-electron chi connectivity index (χ4n) is 1.44. The number of carbonyl (C=O) groups excluding carboxylic acids is 1. The standard InChI is InChI=1S/C12H8Cl2FN3O3S/c13-9-5-7(6-16-11(9)14)22(20,21)18-17-12(19)8-3-1-2-4-10(8)15/h1-6,18H,(H,17,19). The Morgan fingerprint density at radius 1 is 1.23 bits per heavy atom. The van der Waals surface area contributed by atoms with Gasteiger partial charge in [0.15, 0.2) is 0 Å². The predicted molar refractivity (Wildman–Crippen MR) is 78.4 cm³/mol. The van der Waals surface area contributed by atoms with Crippen molar-refractivity contribution in [3.63, 3.8) is 0 Å². The second-order valence-corrected chi connectivity index (χ2v) is 6.43. The van der Waals surface area contributed by atoms with Crippen LogP contribution >= 0.6 is 23.2 Å². The van der Waals surface area contributed by atoms with Crippen molar-refractivity contribution in [2.24, 2.45) is 0 Å². The van der Waals surface area contributed by atoms with Gasteiger partial charge in [-0.05, 0) is 18.2 Å². The first kappa shape index (κ1) is 16.6. The maximum Gasteiger partial charge on any atom is 0.269 e. The van der Waals surface area contributed by atoms with Crippen molar-refractivity contribution in [2.75, 3.05) is 0 Å². The molecule has 0 radical (unpaired) electrons. The number of amides is 1. The zero-order chi connectivity index (χ0) is 16.3. The molecule has 0 aliphatic carbocycles. The van der Waals surface area contributed by atoms with Crippen LogP contribution in [0.2, 0.25) is 10.2 Å². The van der Waals surface area contributed by atoms with E-state index in [0.717, 1.165) is 18.3 Å². The van der Waals surface area contributed by atoms with E-state index >= 15 is 0 Å². The number of benzene rings is 1. The van der Waals surface area contributed by atoms with E-state index in [2.05, 4.69) is 4.98 Å². The van der Waals surface area contributed by atoms with Gasteiger partial charge in [0.2, 0.25) is 0 Å². The van der Waals surface area contributed by atoms with Gasteiger partial charge in [0.05, 0.1) is 10.6 Å². The predicted octanol–water partition coefficient (Wildman–Crippen LogP) is 2.15. The van der Waals surface area contributed by atoms with Gasteiger partial charge in [-0.3, -0.25) is 10.2 Å². The smallest absolute Gasteiger partial charge is 0.269 e. The summed E-state index contributed by atoms with van der Waals surface area (Å²) >= 11 is 11.3. The summed E-state index contributed by atoms with van der Waals surface area (Å²) in [7, 11) is -4.13. The SMILES string of the molecule is O=C(NNS(=O)(=O)c1cnc(Cl)c(Cl)c1)c1ccccc1F. The Morgan fingerprint density at radius 3 is 2.55 bits per heavy atom. The van der Waals surface area contributed by atoms with Crippen LogP contribution in [0.4, 0.5) is 4.39 Å². The Labute approximate surface area is 135 Å². The minimum Gasteiger partial charge on any atom is -0.273 e. The third kappa shape index (κ3) is 3.72. The summed E-state index contributed by atoms with van der Waals surface area (Å²) in [4.78, 5) is 16.8. The second-order valence-electron chi connectivity index (χ2n) is 3.98. The molecule has 0 aliphatic heterocycles. The third-order valence-corrected chi connectivity index (χ3v) is 4.40. The van der Waals surface area contributed by atoms with Gasteiger partial charge in [-0.2, -0.15) is 0 Å². The summed E-state index contributed by atoms with van der Waals surface area (Å²) in [5.41, 5.74) is 1.58. The second kappa shape index (κ2) is 6.57. The first-order chi connectivity index (χ1) is 10.3. The van der Waals surface area contributed by atoms with E-state index in [4.69, 9.17) is 23.2 Å². The molecule has 0 saturated carbocycles. The van der Waals surface area contributed by atoms with Gasteiger partial charge in [-0.25, -0.2) is 17.8 Å². The molecule has 1 heterocycles. The highest BCUT2D eigenvalue weighted by atomic mass is 35.5. The Morgan fingerprint density at radius 2 is 1.91 bits per heavy atom. The fraction of sp³-hybridized carbons (Fsp3) is 0. The topological polar surface area (TPSA) is 88.2 Å². The van der Waals surface area contributed by atoms with Crippen LogP contribution in [0.15, 0.2) is 41.4 Å². The number of carbonyl (C=O) groups is 1. The van der Waals surface area contributed by atoms with Gasteiger partial charge in [-0.1, -0.05) is 35.3 Å². The zero-order valence-electron chi connectivity index (χ0n) is 10.7. The lowest BCUT2D eigenvalue weighted by atomic mass is 10.2. The van der Waals surface area contributed by atoms with Crippen LogP contribution in [0.5, 0.6) is 0 Å². The van der Waals surface area contributed by atoms with Crippen LogP contribution in [-0.4, -0.2) is 19.3 Å². The normalized spacial score (nSPS) is 11.2. The molecule has 0 unspecified atom stereocenters. The summed E-state index contributed by atoms with van der Waals surface area (Å²) in [6.45, 7) is 0. The number of aromatic nitrogens is 1. The molecule has 2 rings (SSSR count). The van der Waals surface area contributed by atoms with Gasteiger partial charge in [0.25, 0.3) is 15.9 Å². The first-order valence-electron chi connectivity index (χ1n) is 5.69. The molecule has 22 heavy (non-hydrogen) atoms. The van der Waals surface area contributed by atoms with E-state index in [9.17, 15) is 17.6 Å². The average molecular weight is 364 g/mol. The van der Waals surface area contributed by atoms with E-state index < -0.39 is 21.7 Å². The van der Waals surface area contributed by atoms with Crippen LogP contribution in [0, 0.1) is 5.82 Å².